The zero-order chi connectivity index (χ0) is 17.1. The van der Waals surface area contributed by atoms with E-state index in [2.05, 4.69) is 0 Å². The van der Waals surface area contributed by atoms with Gasteiger partial charge in [-0.2, -0.15) is 0 Å². The summed E-state index contributed by atoms with van der Waals surface area (Å²) in [6.07, 6.45) is 0. The number of hydrogen-bond acceptors (Lipinski definition) is 3. The van der Waals surface area contributed by atoms with E-state index in [0.717, 1.165) is 16.9 Å². The van der Waals surface area contributed by atoms with Crippen LogP contribution in [0.25, 0.3) is 0 Å². The summed E-state index contributed by atoms with van der Waals surface area (Å²) in [6.45, 7) is 3.70. The number of hydrogen-bond donors (Lipinski definition) is 2. The van der Waals surface area contributed by atoms with Gasteiger partial charge in [0.2, 0.25) is 11.8 Å². The van der Waals surface area contributed by atoms with Gasteiger partial charge in [0.05, 0.1) is 7.11 Å². The molecule has 2 rings (SSSR count). The van der Waals surface area contributed by atoms with Crippen LogP contribution in [0.1, 0.15) is 50.2 Å². The molecule has 2 amide bonds. The number of primary amides is 2. The van der Waals surface area contributed by atoms with Gasteiger partial charge in [0.25, 0.3) is 0 Å². The third-order valence-corrected chi connectivity index (χ3v) is 3.90. The van der Waals surface area contributed by atoms with Crippen LogP contribution in [0.15, 0.2) is 36.4 Å². The summed E-state index contributed by atoms with van der Waals surface area (Å²) in [5.74, 6) is -0.639. The zero-order valence-corrected chi connectivity index (χ0v) is 13.4. The smallest absolute Gasteiger partial charge is 0.249 e. The molecule has 0 heterocycles. The molecule has 0 spiro atoms. The number of benzene rings is 2. The van der Waals surface area contributed by atoms with Gasteiger partial charge in [-0.05, 0) is 47.9 Å². The molecule has 0 unspecified atom stereocenters. The maximum Gasteiger partial charge on any atom is 0.249 e. The third kappa shape index (κ3) is 3.34. The van der Waals surface area contributed by atoms with Gasteiger partial charge in [-0.1, -0.05) is 19.1 Å². The van der Waals surface area contributed by atoms with Gasteiger partial charge in [0.15, 0.2) is 0 Å². The minimum Gasteiger partial charge on any atom is -0.497 e. The van der Waals surface area contributed by atoms with Crippen LogP contribution >= 0.6 is 0 Å². The molecule has 4 N–H and O–H groups in total. The summed E-state index contributed by atoms with van der Waals surface area (Å²) < 4.78 is 5.15. The Morgan fingerprint density at radius 3 is 1.87 bits per heavy atom. The molecule has 0 aliphatic carbocycles. The topological polar surface area (TPSA) is 95.4 Å². The summed E-state index contributed by atoms with van der Waals surface area (Å²) in [7, 11) is 1.59. The Kier molecular flexibility index (Phi) is 4.69. The minimum atomic E-state index is -0.577. The van der Waals surface area contributed by atoms with Crippen molar-refractivity contribution in [2.24, 2.45) is 11.5 Å². The Hall–Kier alpha value is -2.82. The van der Waals surface area contributed by atoms with Crippen LogP contribution < -0.4 is 16.2 Å². The summed E-state index contributed by atoms with van der Waals surface area (Å²) in [6, 6.07) is 10.8. The summed E-state index contributed by atoms with van der Waals surface area (Å²) in [4.78, 5) is 23.7. The van der Waals surface area contributed by atoms with Crippen LogP contribution in [0.4, 0.5) is 0 Å². The molecular weight excluding hydrogens is 292 g/mol. The molecular formula is C18H20N2O3. The average molecular weight is 312 g/mol. The fourth-order valence-electron chi connectivity index (χ4n) is 2.73. The third-order valence-electron chi connectivity index (χ3n) is 3.90. The Bertz CT molecular complexity index is 716. The largest absolute Gasteiger partial charge is 0.497 e. The fraction of sp³-hybridized carbons (Fsp3) is 0.222. The molecule has 0 saturated carbocycles. The first-order valence-corrected chi connectivity index (χ1v) is 7.23. The van der Waals surface area contributed by atoms with Crippen LogP contribution in [0.3, 0.4) is 0 Å². The molecule has 0 fully saturated rings. The monoisotopic (exact) mass is 312 g/mol. The van der Waals surface area contributed by atoms with Gasteiger partial charge >= 0.3 is 0 Å². The molecule has 0 bridgehead atoms. The predicted molar refractivity (Wildman–Crippen MR) is 88.7 cm³/mol. The first kappa shape index (κ1) is 16.5. The fourth-order valence-corrected chi connectivity index (χ4v) is 2.73. The Morgan fingerprint density at radius 2 is 1.48 bits per heavy atom. The number of aryl methyl sites for hydroxylation is 1. The second-order valence-electron chi connectivity index (χ2n) is 5.50. The summed E-state index contributed by atoms with van der Waals surface area (Å²) in [5, 5.41) is 0. The number of amides is 2. The SMILES string of the molecule is COc1ccc([C@@H](C)c2c(C(N)=O)cc(C)cc2C(N)=O)cc1. The minimum absolute atomic E-state index is 0.216. The maximum absolute atomic E-state index is 11.8. The molecule has 5 heteroatoms. The van der Waals surface area contributed by atoms with Crippen LogP contribution in [0.5, 0.6) is 5.75 Å². The highest BCUT2D eigenvalue weighted by Crippen LogP contribution is 2.31. The molecule has 0 saturated heterocycles. The number of nitrogens with two attached hydrogens (primary N) is 2. The molecule has 2 aromatic rings. The quantitative estimate of drug-likeness (QED) is 0.887. The van der Waals surface area contributed by atoms with Crippen LogP contribution in [0, 0.1) is 6.92 Å². The predicted octanol–water partition coefficient (Wildman–Crippen LogP) is 2.35. The van der Waals surface area contributed by atoms with Gasteiger partial charge in [-0.25, -0.2) is 0 Å². The standard InChI is InChI=1S/C18H20N2O3/c1-10-8-14(17(19)21)16(15(9-10)18(20)22)11(2)12-4-6-13(23-3)7-5-12/h4-9,11H,1-3H3,(H2,19,21)(H2,20,22)/t11-/m1/s1. The summed E-state index contributed by atoms with van der Waals surface area (Å²) >= 11 is 0. The molecule has 5 nitrogen and oxygen atoms in total. The van der Waals surface area contributed by atoms with Crippen LogP contribution in [-0.4, -0.2) is 18.9 Å². The van der Waals surface area contributed by atoms with Crippen LogP contribution in [0.2, 0.25) is 0 Å². The first-order valence-electron chi connectivity index (χ1n) is 7.23. The van der Waals surface area contributed by atoms with Crippen molar-refractivity contribution in [2.45, 2.75) is 19.8 Å². The lowest BCUT2D eigenvalue weighted by molar-refractivity contribution is 0.0999. The van der Waals surface area contributed by atoms with Crippen LogP contribution in [-0.2, 0) is 0 Å². The lowest BCUT2D eigenvalue weighted by Crippen LogP contribution is -2.22. The molecule has 0 radical (unpaired) electrons. The molecule has 2 aromatic carbocycles. The van der Waals surface area contributed by atoms with Crippen molar-refractivity contribution in [2.75, 3.05) is 7.11 Å². The Morgan fingerprint density at radius 1 is 1.00 bits per heavy atom. The molecule has 0 aliphatic rings. The van der Waals surface area contributed by atoms with E-state index in [1.165, 1.54) is 0 Å². The highest BCUT2D eigenvalue weighted by Gasteiger charge is 2.23. The van der Waals surface area contributed by atoms with E-state index in [0.29, 0.717) is 16.7 Å². The van der Waals surface area contributed by atoms with Gasteiger partial charge < -0.3 is 16.2 Å². The van der Waals surface area contributed by atoms with E-state index in [1.807, 2.05) is 31.2 Å². The lowest BCUT2D eigenvalue weighted by Gasteiger charge is -2.19. The molecule has 120 valence electrons. The second-order valence-corrected chi connectivity index (χ2v) is 5.50. The molecule has 23 heavy (non-hydrogen) atoms. The number of carbonyl (C=O) groups excluding carboxylic acids is 2. The van der Waals surface area contributed by atoms with E-state index < -0.39 is 11.8 Å². The van der Waals surface area contributed by atoms with E-state index in [1.54, 1.807) is 26.2 Å². The molecule has 1 atom stereocenters. The average Bonchev–Trinajstić information content (AvgIpc) is 2.53. The van der Waals surface area contributed by atoms with E-state index >= 15 is 0 Å². The van der Waals surface area contributed by atoms with Crippen molar-refractivity contribution < 1.29 is 14.3 Å². The summed E-state index contributed by atoms with van der Waals surface area (Å²) in [5.41, 5.74) is 13.9. The molecule has 0 aliphatic heterocycles. The van der Waals surface area contributed by atoms with Crippen molar-refractivity contribution in [1.82, 2.24) is 0 Å². The van der Waals surface area contributed by atoms with Gasteiger partial charge in [-0.3, -0.25) is 9.59 Å². The van der Waals surface area contributed by atoms with Crippen molar-refractivity contribution >= 4 is 11.8 Å². The Balaban J connectivity index is 2.63. The van der Waals surface area contributed by atoms with E-state index in [-0.39, 0.29) is 5.92 Å². The van der Waals surface area contributed by atoms with Crippen molar-refractivity contribution in [3.05, 3.63) is 64.2 Å². The number of carbonyl (C=O) groups is 2. The Labute approximate surface area is 135 Å². The molecule has 0 aromatic heterocycles. The van der Waals surface area contributed by atoms with Gasteiger partial charge in [0.1, 0.15) is 5.75 Å². The van der Waals surface area contributed by atoms with Gasteiger partial charge in [-0.15, -0.1) is 0 Å². The zero-order valence-electron chi connectivity index (χ0n) is 13.4. The van der Waals surface area contributed by atoms with Gasteiger partial charge in [0, 0.05) is 17.0 Å². The maximum atomic E-state index is 11.8. The highest BCUT2D eigenvalue weighted by molar-refractivity contribution is 6.01. The van der Waals surface area contributed by atoms with Crippen molar-refractivity contribution in [3.63, 3.8) is 0 Å². The second kappa shape index (κ2) is 6.52. The number of rotatable bonds is 5. The van der Waals surface area contributed by atoms with E-state index in [9.17, 15) is 9.59 Å². The van der Waals surface area contributed by atoms with Crippen molar-refractivity contribution in [1.29, 1.82) is 0 Å². The first-order chi connectivity index (χ1) is 10.8. The lowest BCUT2D eigenvalue weighted by atomic mass is 9.84. The van der Waals surface area contributed by atoms with Crippen molar-refractivity contribution in [3.8, 4) is 5.75 Å². The number of ether oxygens (including phenoxy) is 1. The normalized spacial score (nSPS) is 11.8. The van der Waals surface area contributed by atoms with E-state index in [4.69, 9.17) is 16.2 Å². The number of methoxy groups -OCH3 is 1. The highest BCUT2D eigenvalue weighted by atomic mass is 16.5.